The second kappa shape index (κ2) is 15.0. The smallest absolute Gasteiger partial charge is 0.475 e. The molecule has 0 aliphatic rings. The molecule has 0 atom stereocenters. The van der Waals surface area contributed by atoms with E-state index in [4.69, 9.17) is 62.5 Å². The standard InChI is InChI=1S/C10H3ClF3N3O.C8H3Cl2F3O.C8H4ClF3O2/c1-15-9-17-16-8(18-9)5-2-3-7(11)6(4-5)10(12,13)14;9-6-2-1-4(7(10)14)3-5(6)8(11,12)13;9-6-2-1-4(7(13)14)3-5(6)8(10,11)12/h2-4H;1-3H;1-3H,(H,13,14). The van der Waals surface area contributed by atoms with Gasteiger partial charge < -0.3 is 14.4 Å². The van der Waals surface area contributed by atoms with E-state index in [2.05, 4.69) is 15.0 Å². The number of carboxylic acids is 1. The van der Waals surface area contributed by atoms with Crippen molar-refractivity contribution in [1.29, 1.82) is 0 Å². The van der Waals surface area contributed by atoms with Crippen molar-refractivity contribution in [2.24, 2.45) is 0 Å². The molecule has 0 saturated carbocycles. The fourth-order valence-corrected chi connectivity index (χ4v) is 3.78. The number of hydrogen-bond acceptors (Lipinski definition) is 5. The number of aromatic nitrogens is 2. The minimum Gasteiger partial charge on any atom is -0.478 e. The van der Waals surface area contributed by atoms with E-state index in [1.54, 1.807) is 0 Å². The molecule has 7 nitrogen and oxygen atoms in total. The van der Waals surface area contributed by atoms with E-state index in [0.29, 0.717) is 12.1 Å². The lowest BCUT2D eigenvalue weighted by molar-refractivity contribution is -0.138. The Balaban J connectivity index is 0.000000243. The van der Waals surface area contributed by atoms with Gasteiger partial charge in [-0.25, -0.2) is 4.79 Å². The highest BCUT2D eigenvalue weighted by molar-refractivity contribution is 6.67. The Bertz CT molecular complexity index is 1710. The van der Waals surface area contributed by atoms with E-state index in [0.717, 1.165) is 36.4 Å². The fraction of sp³-hybridized carbons (Fsp3) is 0.115. The monoisotopic (exact) mass is 739 g/mol. The summed E-state index contributed by atoms with van der Waals surface area (Å²) in [4.78, 5) is 23.8. The van der Waals surface area contributed by atoms with E-state index in [1.807, 2.05) is 0 Å². The highest BCUT2D eigenvalue weighted by Crippen LogP contribution is 2.38. The molecular weight excluding hydrogens is 731 g/mol. The first-order chi connectivity index (χ1) is 21.1. The molecule has 0 amide bonds. The molecule has 1 heterocycles. The molecule has 20 heteroatoms. The lowest BCUT2D eigenvalue weighted by Gasteiger charge is -2.09. The maximum atomic E-state index is 12.6. The molecule has 0 fully saturated rings. The lowest BCUT2D eigenvalue weighted by atomic mass is 10.1. The number of carbonyl (C=O) groups excluding carboxylic acids is 1. The quantitative estimate of drug-likeness (QED) is 0.128. The van der Waals surface area contributed by atoms with Gasteiger partial charge in [-0.15, -0.1) is 0 Å². The maximum absolute atomic E-state index is 12.6. The van der Waals surface area contributed by atoms with Crippen molar-refractivity contribution >= 4 is 63.6 Å². The molecule has 0 radical (unpaired) electrons. The first kappa shape index (κ1) is 38.1. The van der Waals surface area contributed by atoms with Gasteiger partial charge in [0.25, 0.3) is 11.1 Å². The summed E-state index contributed by atoms with van der Waals surface area (Å²) in [5.41, 5.74) is -3.83. The van der Waals surface area contributed by atoms with Gasteiger partial charge in [0.15, 0.2) is 0 Å². The van der Waals surface area contributed by atoms with Crippen molar-refractivity contribution < 1.29 is 58.6 Å². The highest BCUT2D eigenvalue weighted by Gasteiger charge is 2.35. The van der Waals surface area contributed by atoms with E-state index < -0.39 is 67.1 Å². The largest absolute Gasteiger partial charge is 0.478 e. The first-order valence-electron chi connectivity index (χ1n) is 11.3. The number of carbonyl (C=O) groups is 2. The van der Waals surface area contributed by atoms with Crippen LogP contribution in [-0.2, 0) is 18.5 Å². The van der Waals surface area contributed by atoms with Crippen LogP contribution in [0.2, 0.25) is 15.1 Å². The number of benzene rings is 3. The SMILES string of the molecule is O=C(Cl)c1ccc(Cl)c(C(F)(F)F)c1.O=C(O)c1ccc(Cl)c(C(F)(F)F)c1.[C-]#[N+]c1nnc(-c2ccc(Cl)c(C(F)(F)F)c2)o1. The van der Waals surface area contributed by atoms with Crippen LogP contribution in [0.3, 0.4) is 0 Å². The Morgan fingerprint density at radius 3 is 1.50 bits per heavy atom. The van der Waals surface area contributed by atoms with Crippen LogP contribution in [0.25, 0.3) is 16.3 Å². The summed E-state index contributed by atoms with van der Waals surface area (Å²) in [6.07, 6.45) is -13.8. The Labute approximate surface area is 270 Å². The van der Waals surface area contributed by atoms with Crippen LogP contribution in [-0.4, -0.2) is 26.5 Å². The summed E-state index contributed by atoms with van der Waals surface area (Å²) in [5, 5.41) is 12.9. The number of nitrogens with zero attached hydrogens (tertiary/aromatic N) is 3. The van der Waals surface area contributed by atoms with Crippen molar-refractivity contribution in [3.05, 3.63) is 109 Å². The number of alkyl halides is 9. The van der Waals surface area contributed by atoms with Crippen LogP contribution < -0.4 is 0 Å². The highest BCUT2D eigenvalue weighted by atomic mass is 35.5. The molecule has 46 heavy (non-hydrogen) atoms. The number of hydrogen-bond donors (Lipinski definition) is 1. The lowest BCUT2D eigenvalue weighted by Crippen LogP contribution is -2.08. The molecule has 1 aromatic heterocycles. The third kappa shape index (κ3) is 10.5. The summed E-state index contributed by atoms with van der Waals surface area (Å²) in [5.74, 6) is -1.59. The molecule has 244 valence electrons. The molecule has 4 aromatic rings. The van der Waals surface area contributed by atoms with Gasteiger partial charge in [-0.1, -0.05) is 41.4 Å². The predicted molar refractivity (Wildman–Crippen MR) is 146 cm³/mol. The Morgan fingerprint density at radius 1 is 0.696 bits per heavy atom. The van der Waals surface area contributed by atoms with Crippen LogP contribution in [0.5, 0.6) is 0 Å². The maximum Gasteiger partial charge on any atom is 0.475 e. The van der Waals surface area contributed by atoms with E-state index >= 15 is 0 Å². The zero-order valence-electron chi connectivity index (χ0n) is 21.6. The van der Waals surface area contributed by atoms with Crippen LogP contribution in [0, 0.1) is 6.57 Å². The molecule has 3 aromatic carbocycles. The first-order valence-corrected chi connectivity index (χ1v) is 12.8. The van der Waals surface area contributed by atoms with E-state index in [-0.39, 0.29) is 23.0 Å². The van der Waals surface area contributed by atoms with Gasteiger partial charge in [0.1, 0.15) is 0 Å². The van der Waals surface area contributed by atoms with Crippen LogP contribution in [0.4, 0.5) is 45.5 Å². The summed E-state index contributed by atoms with van der Waals surface area (Å²) in [7, 11) is 0. The summed E-state index contributed by atoms with van der Waals surface area (Å²) < 4.78 is 116. The molecule has 0 saturated heterocycles. The average Bonchev–Trinajstić information content (AvgIpc) is 3.42. The Morgan fingerprint density at radius 2 is 1.11 bits per heavy atom. The van der Waals surface area contributed by atoms with Gasteiger partial charge in [-0.05, 0) is 71.3 Å². The zero-order chi connectivity index (χ0) is 35.2. The second-order valence-corrected chi connectivity index (χ2v) is 9.72. The second-order valence-electron chi connectivity index (χ2n) is 8.16. The van der Waals surface area contributed by atoms with Crippen LogP contribution in [0.1, 0.15) is 37.4 Å². The van der Waals surface area contributed by atoms with E-state index in [9.17, 15) is 49.1 Å². The summed E-state index contributed by atoms with van der Waals surface area (Å²) >= 11 is 21.1. The molecule has 1 N–H and O–H groups in total. The minimum absolute atomic E-state index is 0.0501. The van der Waals surface area contributed by atoms with Crippen molar-refractivity contribution in [2.75, 3.05) is 0 Å². The molecule has 0 aliphatic heterocycles. The molecular formula is C26H10Cl4F9N3O4. The van der Waals surface area contributed by atoms with Crippen molar-refractivity contribution in [3.63, 3.8) is 0 Å². The Kier molecular flexibility index (Phi) is 12.5. The van der Waals surface area contributed by atoms with Crippen molar-refractivity contribution in [3.8, 4) is 11.5 Å². The normalized spacial score (nSPS) is 11.4. The number of rotatable bonds is 3. The van der Waals surface area contributed by atoms with Gasteiger partial charge in [-0.3, -0.25) is 4.79 Å². The van der Waals surface area contributed by atoms with Gasteiger partial charge in [0.2, 0.25) is 0 Å². The van der Waals surface area contributed by atoms with Gasteiger partial charge in [0, 0.05) is 16.2 Å². The number of aromatic carboxylic acids is 1. The molecule has 0 unspecified atom stereocenters. The van der Waals surface area contributed by atoms with Crippen LogP contribution in [0.15, 0.2) is 59.0 Å². The number of carboxylic acid groups (broad SMARTS) is 1. The number of halogens is 13. The zero-order valence-corrected chi connectivity index (χ0v) is 24.6. The summed E-state index contributed by atoms with van der Waals surface area (Å²) in [6, 6.07) is 8.01. The van der Waals surface area contributed by atoms with Gasteiger partial charge in [-0.2, -0.15) is 39.5 Å². The third-order valence-electron chi connectivity index (χ3n) is 5.05. The van der Waals surface area contributed by atoms with E-state index in [1.165, 1.54) is 6.07 Å². The average molecular weight is 741 g/mol. The molecule has 0 aliphatic carbocycles. The van der Waals surface area contributed by atoms with Crippen molar-refractivity contribution in [2.45, 2.75) is 18.5 Å². The fourth-order valence-electron chi connectivity index (χ4n) is 2.99. The third-order valence-corrected chi connectivity index (χ3v) is 6.25. The van der Waals surface area contributed by atoms with Gasteiger partial charge >= 0.3 is 30.5 Å². The Hall–Kier alpha value is -4.04. The topological polar surface area (TPSA) is 97.7 Å². The molecule has 0 bridgehead atoms. The molecule has 0 spiro atoms. The minimum atomic E-state index is -4.64. The summed E-state index contributed by atoms with van der Waals surface area (Å²) in [6.45, 7) is 6.62. The predicted octanol–water partition coefficient (Wildman–Crippen LogP) is 10.8. The van der Waals surface area contributed by atoms with Gasteiger partial charge in [0.05, 0.1) is 37.3 Å². The van der Waals surface area contributed by atoms with Crippen molar-refractivity contribution in [1.82, 2.24) is 10.2 Å². The van der Waals surface area contributed by atoms with Crippen LogP contribution >= 0.6 is 46.4 Å². The molecule has 4 rings (SSSR count).